The van der Waals surface area contributed by atoms with Crippen molar-refractivity contribution in [2.45, 2.75) is 12.0 Å². The molecule has 2 aromatic carbocycles. The molecular weight excluding hydrogens is 258 g/mol. The fraction of sp³-hybridized carbons (Fsp3) is 0.158. The number of rotatable bonds is 0. The van der Waals surface area contributed by atoms with Crippen LogP contribution in [0, 0.1) is 0 Å². The van der Waals surface area contributed by atoms with E-state index in [4.69, 9.17) is 4.74 Å². The first-order valence-electron chi connectivity index (χ1n) is 7.35. The summed E-state index contributed by atoms with van der Waals surface area (Å²) < 4.78 is 8.37. The SMILES string of the molecule is Cn1c2ccccc2c2cc3c(cc21)OC1C=CC=CC31. The molecular formula is C19H15NO. The van der Waals surface area contributed by atoms with Crippen LogP contribution in [0.5, 0.6) is 5.75 Å². The Hall–Kier alpha value is -2.48. The van der Waals surface area contributed by atoms with Gasteiger partial charge in [0, 0.05) is 40.9 Å². The first-order chi connectivity index (χ1) is 10.3. The highest BCUT2D eigenvalue weighted by molar-refractivity contribution is 6.08. The van der Waals surface area contributed by atoms with Gasteiger partial charge in [-0.25, -0.2) is 0 Å². The zero-order chi connectivity index (χ0) is 14.0. The van der Waals surface area contributed by atoms with E-state index in [-0.39, 0.29) is 6.10 Å². The first-order valence-corrected chi connectivity index (χ1v) is 7.35. The van der Waals surface area contributed by atoms with Gasteiger partial charge in [-0.3, -0.25) is 0 Å². The van der Waals surface area contributed by atoms with Crippen LogP contribution in [0.25, 0.3) is 21.8 Å². The fourth-order valence-corrected chi connectivity index (χ4v) is 3.69. The van der Waals surface area contributed by atoms with Crippen molar-refractivity contribution in [2.75, 3.05) is 0 Å². The van der Waals surface area contributed by atoms with Gasteiger partial charge >= 0.3 is 0 Å². The van der Waals surface area contributed by atoms with E-state index in [2.05, 4.69) is 72.3 Å². The Morgan fingerprint density at radius 2 is 1.81 bits per heavy atom. The van der Waals surface area contributed by atoms with Gasteiger partial charge in [-0.2, -0.15) is 0 Å². The Kier molecular flexibility index (Phi) is 2.02. The van der Waals surface area contributed by atoms with Gasteiger partial charge in [-0.05, 0) is 18.2 Å². The number of para-hydroxylation sites is 1. The summed E-state index contributed by atoms with van der Waals surface area (Å²) in [6.45, 7) is 0. The summed E-state index contributed by atoms with van der Waals surface area (Å²) in [6.07, 6.45) is 8.74. The Balaban J connectivity index is 1.86. The number of ether oxygens (including phenoxy) is 1. The molecule has 21 heavy (non-hydrogen) atoms. The predicted molar refractivity (Wildman–Crippen MR) is 85.9 cm³/mol. The van der Waals surface area contributed by atoms with E-state index in [1.54, 1.807) is 0 Å². The number of fused-ring (bicyclic) bond motifs is 6. The third kappa shape index (κ3) is 1.37. The highest BCUT2D eigenvalue weighted by Crippen LogP contribution is 2.44. The molecule has 3 aromatic rings. The van der Waals surface area contributed by atoms with Crippen molar-refractivity contribution in [3.05, 3.63) is 66.3 Å². The lowest BCUT2D eigenvalue weighted by atomic mass is 9.91. The largest absolute Gasteiger partial charge is 0.485 e. The molecule has 2 nitrogen and oxygen atoms in total. The van der Waals surface area contributed by atoms with Crippen LogP contribution in [0.15, 0.2) is 60.7 Å². The van der Waals surface area contributed by atoms with E-state index >= 15 is 0 Å². The van der Waals surface area contributed by atoms with Crippen molar-refractivity contribution in [2.24, 2.45) is 7.05 Å². The molecule has 0 bridgehead atoms. The van der Waals surface area contributed by atoms with Crippen LogP contribution in [0.4, 0.5) is 0 Å². The monoisotopic (exact) mass is 273 g/mol. The highest BCUT2D eigenvalue weighted by Gasteiger charge is 2.32. The van der Waals surface area contributed by atoms with Crippen molar-refractivity contribution >= 4 is 21.8 Å². The number of hydrogen-bond donors (Lipinski definition) is 0. The Morgan fingerprint density at radius 3 is 2.76 bits per heavy atom. The van der Waals surface area contributed by atoms with Gasteiger partial charge in [0.2, 0.25) is 0 Å². The second kappa shape index (κ2) is 3.79. The number of allylic oxidation sites excluding steroid dienone is 2. The normalized spacial score (nSPS) is 22.5. The van der Waals surface area contributed by atoms with Gasteiger partial charge in [-0.1, -0.05) is 36.4 Å². The summed E-state index contributed by atoms with van der Waals surface area (Å²) in [6, 6.07) is 13.1. The Morgan fingerprint density at radius 1 is 0.952 bits per heavy atom. The maximum atomic E-state index is 6.12. The fourth-order valence-electron chi connectivity index (χ4n) is 3.69. The van der Waals surface area contributed by atoms with E-state index in [1.807, 2.05) is 0 Å². The number of aryl methyl sites for hydroxylation is 1. The Bertz CT molecular complexity index is 945. The summed E-state index contributed by atoms with van der Waals surface area (Å²) in [7, 11) is 2.12. The molecule has 0 fully saturated rings. The van der Waals surface area contributed by atoms with Crippen LogP contribution < -0.4 is 4.74 Å². The van der Waals surface area contributed by atoms with Gasteiger partial charge in [-0.15, -0.1) is 0 Å². The van der Waals surface area contributed by atoms with Crippen LogP contribution in [0.1, 0.15) is 11.5 Å². The van der Waals surface area contributed by atoms with E-state index < -0.39 is 0 Å². The minimum absolute atomic E-state index is 0.160. The molecule has 0 radical (unpaired) electrons. The standard InChI is InChI=1S/C19H15NO/c1-20-16-8-4-2-6-12(16)14-10-15-13-7-3-5-9-18(13)21-19(15)11-17(14)20/h2-11,13,18H,1H3. The molecule has 0 saturated carbocycles. The van der Waals surface area contributed by atoms with Gasteiger partial charge < -0.3 is 9.30 Å². The molecule has 1 aromatic heterocycles. The second-order valence-corrected chi connectivity index (χ2v) is 5.86. The molecule has 2 heteroatoms. The lowest BCUT2D eigenvalue weighted by Gasteiger charge is -2.13. The van der Waals surface area contributed by atoms with Crippen molar-refractivity contribution < 1.29 is 4.74 Å². The van der Waals surface area contributed by atoms with Crippen molar-refractivity contribution in [3.8, 4) is 5.75 Å². The molecule has 0 N–H and O–H groups in total. The second-order valence-electron chi connectivity index (χ2n) is 5.86. The van der Waals surface area contributed by atoms with E-state index in [0.717, 1.165) is 5.75 Å². The molecule has 5 rings (SSSR count). The number of aromatic nitrogens is 1. The summed E-state index contributed by atoms with van der Waals surface area (Å²) in [5.74, 6) is 1.38. The maximum absolute atomic E-state index is 6.12. The zero-order valence-corrected chi connectivity index (χ0v) is 11.8. The number of nitrogens with zero attached hydrogens (tertiary/aromatic N) is 1. The molecule has 2 unspecified atom stereocenters. The Labute approximate surface area is 122 Å². The average Bonchev–Trinajstić information content (AvgIpc) is 3.02. The lowest BCUT2D eigenvalue weighted by molar-refractivity contribution is 0.269. The van der Waals surface area contributed by atoms with E-state index in [0.29, 0.717) is 5.92 Å². The topological polar surface area (TPSA) is 14.2 Å². The van der Waals surface area contributed by atoms with Crippen LogP contribution in [-0.4, -0.2) is 10.7 Å². The van der Waals surface area contributed by atoms with Crippen LogP contribution >= 0.6 is 0 Å². The first kappa shape index (κ1) is 11.2. The lowest BCUT2D eigenvalue weighted by Crippen LogP contribution is -2.15. The van der Waals surface area contributed by atoms with E-state index in [1.165, 1.54) is 27.4 Å². The van der Waals surface area contributed by atoms with Crippen LogP contribution in [0.2, 0.25) is 0 Å². The van der Waals surface area contributed by atoms with Crippen molar-refractivity contribution in [3.63, 3.8) is 0 Å². The average molecular weight is 273 g/mol. The van der Waals surface area contributed by atoms with Crippen LogP contribution in [-0.2, 0) is 7.05 Å². The van der Waals surface area contributed by atoms with Crippen molar-refractivity contribution in [1.82, 2.24) is 4.57 Å². The van der Waals surface area contributed by atoms with Gasteiger partial charge in [0.15, 0.2) is 0 Å². The van der Waals surface area contributed by atoms with E-state index in [9.17, 15) is 0 Å². The molecule has 0 saturated heterocycles. The van der Waals surface area contributed by atoms with Crippen molar-refractivity contribution in [1.29, 1.82) is 0 Å². The molecule has 0 spiro atoms. The zero-order valence-electron chi connectivity index (χ0n) is 11.8. The maximum Gasteiger partial charge on any atom is 0.128 e. The number of hydrogen-bond acceptors (Lipinski definition) is 1. The molecule has 1 aliphatic carbocycles. The molecule has 2 heterocycles. The molecule has 2 atom stereocenters. The highest BCUT2D eigenvalue weighted by atomic mass is 16.5. The third-order valence-corrected chi connectivity index (χ3v) is 4.75. The van der Waals surface area contributed by atoms with Crippen LogP contribution in [0.3, 0.4) is 0 Å². The quantitative estimate of drug-likeness (QED) is 0.595. The third-order valence-electron chi connectivity index (χ3n) is 4.75. The summed E-state index contributed by atoms with van der Waals surface area (Å²) in [5.41, 5.74) is 3.82. The molecule has 1 aliphatic heterocycles. The molecule has 102 valence electrons. The summed E-state index contributed by atoms with van der Waals surface area (Å²) in [4.78, 5) is 0. The van der Waals surface area contributed by atoms with Gasteiger partial charge in [0.25, 0.3) is 0 Å². The summed E-state index contributed by atoms with van der Waals surface area (Å²) >= 11 is 0. The number of benzene rings is 2. The molecule has 0 amide bonds. The summed E-state index contributed by atoms with van der Waals surface area (Å²) in [5, 5.41) is 2.63. The smallest absolute Gasteiger partial charge is 0.128 e. The minimum atomic E-state index is 0.160. The van der Waals surface area contributed by atoms with Gasteiger partial charge in [0.05, 0.1) is 5.52 Å². The predicted octanol–water partition coefficient (Wildman–Crippen LogP) is 4.30. The molecule has 2 aliphatic rings. The van der Waals surface area contributed by atoms with Gasteiger partial charge in [0.1, 0.15) is 11.9 Å². The minimum Gasteiger partial charge on any atom is -0.485 e.